The third-order valence-corrected chi connectivity index (χ3v) is 4.19. The Morgan fingerprint density at radius 3 is 3.00 bits per heavy atom. The average molecular weight is 173 g/mol. The van der Waals surface area contributed by atoms with Crippen LogP contribution in [0, 0.1) is 0 Å². The first-order valence-corrected chi connectivity index (χ1v) is 5.47. The molecule has 2 heterocycles. The molecule has 0 aromatic carbocycles. The van der Waals surface area contributed by atoms with Crippen LogP contribution < -0.4 is 0 Å². The lowest BCUT2D eigenvalue weighted by Crippen LogP contribution is -2.34. The highest BCUT2D eigenvalue weighted by Gasteiger charge is 2.36. The Labute approximate surface area is 66.7 Å². The third kappa shape index (κ3) is 1.10. The van der Waals surface area contributed by atoms with E-state index in [1.54, 1.807) is 4.31 Å². The van der Waals surface area contributed by atoms with Crippen LogP contribution in [0.25, 0.3) is 0 Å². The lowest BCUT2D eigenvalue weighted by atomic mass is 10.1. The number of rotatable bonds is 0. The van der Waals surface area contributed by atoms with Crippen molar-refractivity contribution in [1.29, 1.82) is 0 Å². The second-order valence-electron chi connectivity index (χ2n) is 3.00. The minimum atomic E-state index is -2.87. The second kappa shape index (κ2) is 2.32. The smallest absolute Gasteiger partial charge is 0.212 e. The van der Waals surface area contributed by atoms with E-state index < -0.39 is 10.0 Å². The first-order chi connectivity index (χ1) is 5.20. The second-order valence-corrected chi connectivity index (χ2v) is 5.04. The molecule has 62 valence electrons. The minimum Gasteiger partial charge on any atom is -0.212 e. The Morgan fingerprint density at radius 2 is 2.27 bits per heavy atom. The summed E-state index contributed by atoms with van der Waals surface area (Å²) in [4.78, 5) is 0. The summed E-state index contributed by atoms with van der Waals surface area (Å²) in [7, 11) is -2.87. The largest absolute Gasteiger partial charge is 0.214 e. The monoisotopic (exact) mass is 173 g/mol. The van der Waals surface area contributed by atoms with Gasteiger partial charge in [-0.1, -0.05) is 12.2 Å². The van der Waals surface area contributed by atoms with Crippen molar-refractivity contribution in [2.24, 2.45) is 0 Å². The molecule has 3 nitrogen and oxygen atoms in total. The van der Waals surface area contributed by atoms with Crippen LogP contribution in [0.15, 0.2) is 12.2 Å². The van der Waals surface area contributed by atoms with Crippen LogP contribution in [-0.4, -0.2) is 31.1 Å². The van der Waals surface area contributed by atoms with E-state index in [2.05, 4.69) is 6.08 Å². The summed E-state index contributed by atoms with van der Waals surface area (Å²) < 4.78 is 24.2. The van der Waals surface area contributed by atoms with Gasteiger partial charge in [-0.05, 0) is 12.8 Å². The van der Waals surface area contributed by atoms with Gasteiger partial charge in [0.25, 0.3) is 0 Å². The van der Waals surface area contributed by atoms with E-state index in [0.29, 0.717) is 12.3 Å². The molecule has 2 aliphatic heterocycles. The zero-order chi connectivity index (χ0) is 7.90. The molecular formula is C7H11NO2S. The van der Waals surface area contributed by atoms with E-state index in [1.807, 2.05) is 6.08 Å². The van der Waals surface area contributed by atoms with E-state index in [9.17, 15) is 8.42 Å². The van der Waals surface area contributed by atoms with Crippen molar-refractivity contribution in [3.05, 3.63) is 12.2 Å². The number of nitrogens with zero attached hydrogens (tertiary/aromatic N) is 1. The highest BCUT2D eigenvalue weighted by molar-refractivity contribution is 7.89. The normalized spacial score (nSPS) is 35.5. The molecule has 0 amide bonds. The first-order valence-electron chi connectivity index (χ1n) is 3.86. The zero-order valence-corrected chi connectivity index (χ0v) is 7.05. The SMILES string of the molecule is O=S1(=O)CCC2C=CCCN21. The van der Waals surface area contributed by atoms with Gasteiger partial charge in [0.1, 0.15) is 0 Å². The topological polar surface area (TPSA) is 37.4 Å². The molecule has 0 aromatic rings. The summed E-state index contributed by atoms with van der Waals surface area (Å²) in [6.07, 6.45) is 5.73. The van der Waals surface area contributed by atoms with Gasteiger partial charge >= 0.3 is 0 Å². The van der Waals surface area contributed by atoms with Crippen LogP contribution in [-0.2, 0) is 10.0 Å². The number of hydrogen-bond donors (Lipinski definition) is 0. The zero-order valence-electron chi connectivity index (χ0n) is 6.23. The van der Waals surface area contributed by atoms with Gasteiger partial charge in [-0.3, -0.25) is 0 Å². The van der Waals surface area contributed by atoms with Crippen LogP contribution in [0.1, 0.15) is 12.8 Å². The van der Waals surface area contributed by atoms with E-state index >= 15 is 0 Å². The third-order valence-electron chi connectivity index (χ3n) is 2.27. The maximum absolute atomic E-state index is 11.3. The highest BCUT2D eigenvalue weighted by Crippen LogP contribution is 2.25. The van der Waals surface area contributed by atoms with Crippen molar-refractivity contribution in [2.45, 2.75) is 18.9 Å². The molecule has 0 spiro atoms. The van der Waals surface area contributed by atoms with E-state index in [1.165, 1.54) is 0 Å². The summed E-state index contributed by atoms with van der Waals surface area (Å²) in [6, 6.07) is 0.175. The van der Waals surface area contributed by atoms with Crippen LogP contribution in [0.5, 0.6) is 0 Å². The fourth-order valence-electron chi connectivity index (χ4n) is 1.69. The molecule has 11 heavy (non-hydrogen) atoms. The van der Waals surface area contributed by atoms with Crippen molar-refractivity contribution < 1.29 is 8.42 Å². The molecule has 1 unspecified atom stereocenters. The summed E-state index contributed by atoms with van der Waals surface area (Å²) in [5.74, 6) is 0.335. The first kappa shape index (κ1) is 7.31. The number of sulfonamides is 1. The Morgan fingerprint density at radius 1 is 1.45 bits per heavy atom. The van der Waals surface area contributed by atoms with Crippen molar-refractivity contribution in [2.75, 3.05) is 12.3 Å². The Bertz CT molecular complexity index is 281. The van der Waals surface area contributed by atoms with Crippen molar-refractivity contribution in [3.8, 4) is 0 Å². The van der Waals surface area contributed by atoms with E-state index in [0.717, 1.165) is 12.8 Å². The number of fused-ring (bicyclic) bond motifs is 1. The molecule has 0 aliphatic carbocycles. The summed E-state index contributed by atoms with van der Waals surface area (Å²) in [5, 5.41) is 0. The minimum absolute atomic E-state index is 0.175. The molecule has 0 saturated carbocycles. The predicted molar refractivity (Wildman–Crippen MR) is 42.7 cm³/mol. The van der Waals surface area contributed by atoms with Crippen LogP contribution in [0.2, 0.25) is 0 Å². The average Bonchev–Trinajstić information content (AvgIpc) is 2.29. The van der Waals surface area contributed by atoms with Gasteiger partial charge in [0, 0.05) is 12.6 Å². The van der Waals surface area contributed by atoms with Crippen LogP contribution >= 0.6 is 0 Å². The van der Waals surface area contributed by atoms with Crippen LogP contribution in [0.4, 0.5) is 0 Å². The van der Waals surface area contributed by atoms with Gasteiger partial charge in [0.05, 0.1) is 5.75 Å². The van der Waals surface area contributed by atoms with Gasteiger partial charge in [-0.25, -0.2) is 8.42 Å². The van der Waals surface area contributed by atoms with E-state index in [4.69, 9.17) is 0 Å². The lowest BCUT2D eigenvalue weighted by Gasteiger charge is -2.22. The Kier molecular flexibility index (Phi) is 1.54. The summed E-state index contributed by atoms with van der Waals surface area (Å²) >= 11 is 0. The molecule has 0 aromatic heterocycles. The molecule has 0 radical (unpaired) electrons. The maximum Gasteiger partial charge on any atom is 0.214 e. The van der Waals surface area contributed by atoms with Gasteiger partial charge in [-0.2, -0.15) is 4.31 Å². The standard InChI is InChI=1S/C7H11NO2S/c9-11(10)6-4-7-3-1-2-5-8(7)11/h1,3,7H,2,4-6H2. The Balaban J connectivity index is 2.33. The quantitative estimate of drug-likeness (QED) is 0.496. The van der Waals surface area contributed by atoms with Crippen LogP contribution in [0.3, 0.4) is 0 Å². The molecule has 1 atom stereocenters. The van der Waals surface area contributed by atoms with Crippen molar-refractivity contribution in [3.63, 3.8) is 0 Å². The van der Waals surface area contributed by atoms with Gasteiger partial charge in [-0.15, -0.1) is 0 Å². The lowest BCUT2D eigenvalue weighted by molar-refractivity contribution is 0.381. The molecule has 2 rings (SSSR count). The Hall–Kier alpha value is -0.350. The molecule has 4 heteroatoms. The highest BCUT2D eigenvalue weighted by atomic mass is 32.2. The molecule has 0 N–H and O–H groups in total. The molecule has 1 fully saturated rings. The molecule has 0 bridgehead atoms. The van der Waals surface area contributed by atoms with Crippen molar-refractivity contribution in [1.82, 2.24) is 4.31 Å². The van der Waals surface area contributed by atoms with Gasteiger partial charge < -0.3 is 0 Å². The maximum atomic E-state index is 11.3. The molecule has 2 aliphatic rings. The predicted octanol–water partition coefficient (Wildman–Crippen LogP) is 0.350. The fraction of sp³-hybridized carbons (Fsp3) is 0.714. The van der Waals surface area contributed by atoms with E-state index in [-0.39, 0.29) is 6.04 Å². The van der Waals surface area contributed by atoms with Crippen molar-refractivity contribution >= 4 is 10.0 Å². The number of hydrogen-bond acceptors (Lipinski definition) is 2. The summed E-state index contributed by atoms with van der Waals surface area (Å²) in [5.41, 5.74) is 0. The summed E-state index contributed by atoms with van der Waals surface area (Å²) in [6.45, 7) is 0.684. The molecule has 1 saturated heterocycles. The van der Waals surface area contributed by atoms with Gasteiger partial charge in [0.15, 0.2) is 0 Å². The fourth-order valence-corrected chi connectivity index (χ4v) is 3.44. The molecular weight excluding hydrogens is 162 g/mol. The van der Waals surface area contributed by atoms with Gasteiger partial charge in [0.2, 0.25) is 10.0 Å².